The number of rotatable bonds is 7. The second-order valence-corrected chi connectivity index (χ2v) is 9.17. The number of urea groups is 1. The van der Waals surface area contributed by atoms with Crippen molar-refractivity contribution in [3.8, 4) is 0 Å². The molecule has 1 saturated heterocycles. The predicted octanol–water partition coefficient (Wildman–Crippen LogP) is 2.35. The van der Waals surface area contributed by atoms with Gasteiger partial charge in [-0.3, -0.25) is 19.4 Å². The van der Waals surface area contributed by atoms with Gasteiger partial charge < -0.3 is 11.1 Å². The van der Waals surface area contributed by atoms with Crippen LogP contribution in [0.4, 0.5) is 16.6 Å². The third kappa shape index (κ3) is 4.61. The number of pyridine rings is 1. The lowest BCUT2D eigenvalue weighted by atomic mass is 9.81. The van der Waals surface area contributed by atoms with Gasteiger partial charge in [0.15, 0.2) is 0 Å². The van der Waals surface area contributed by atoms with E-state index in [0.717, 1.165) is 28.9 Å². The fraction of sp³-hybridized carbons (Fsp3) is 0.308. The lowest BCUT2D eigenvalue weighted by Crippen LogP contribution is -2.70. The lowest BCUT2D eigenvalue weighted by molar-refractivity contribution is -0.156. The van der Waals surface area contributed by atoms with Crippen LogP contribution in [0.5, 0.6) is 0 Å². The summed E-state index contributed by atoms with van der Waals surface area (Å²) in [5.41, 5.74) is 7.54. The van der Waals surface area contributed by atoms with Crippen molar-refractivity contribution >= 4 is 29.6 Å². The normalized spacial score (nSPS) is 19.8. The number of hydrogen-bond acceptors (Lipinski definition) is 7. The maximum absolute atomic E-state index is 13.6. The number of anilines is 2. The van der Waals surface area contributed by atoms with Crippen LogP contribution in [0.25, 0.3) is 0 Å². The summed E-state index contributed by atoms with van der Waals surface area (Å²) >= 11 is 0. The highest BCUT2D eigenvalue weighted by molar-refractivity contribution is 6.12. The second kappa shape index (κ2) is 9.73. The van der Waals surface area contributed by atoms with Gasteiger partial charge in [-0.05, 0) is 54.5 Å². The Labute approximate surface area is 208 Å². The van der Waals surface area contributed by atoms with E-state index < -0.39 is 29.8 Å². The fourth-order valence-corrected chi connectivity index (χ4v) is 4.66. The van der Waals surface area contributed by atoms with Crippen LogP contribution >= 0.6 is 0 Å². The number of carbonyl (C=O) groups excluding carboxylic acids is 3. The molecule has 1 aliphatic heterocycles. The van der Waals surface area contributed by atoms with E-state index in [-0.39, 0.29) is 18.4 Å². The minimum atomic E-state index is -1.00. The van der Waals surface area contributed by atoms with Gasteiger partial charge in [0.25, 0.3) is 5.91 Å². The molecule has 1 saturated carbocycles. The average Bonchev–Trinajstić information content (AvgIpc) is 3.74. The van der Waals surface area contributed by atoms with Crippen molar-refractivity contribution in [2.45, 2.75) is 31.3 Å². The summed E-state index contributed by atoms with van der Waals surface area (Å²) in [6.07, 6.45) is 6.85. The van der Waals surface area contributed by atoms with Gasteiger partial charge in [-0.1, -0.05) is 30.3 Å². The van der Waals surface area contributed by atoms with Gasteiger partial charge >= 0.3 is 6.03 Å². The van der Waals surface area contributed by atoms with Crippen molar-refractivity contribution in [2.24, 2.45) is 11.8 Å². The number of nitrogens with zero attached hydrogens (tertiary/aromatic N) is 5. The van der Waals surface area contributed by atoms with E-state index in [4.69, 9.17) is 5.73 Å². The first-order valence-corrected chi connectivity index (χ1v) is 11.9. The number of nitrogen functional groups attached to an aromatic ring is 1. The molecule has 3 heterocycles. The molecule has 0 unspecified atom stereocenters. The molecule has 10 nitrogen and oxygen atoms in total. The second-order valence-electron chi connectivity index (χ2n) is 9.17. The Balaban J connectivity index is 1.41. The molecule has 2 aliphatic rings. The Morgan fingerprint density at radius 1 is 1.08 bits per heavy atom. The lowest BCUT2D eigenvalue weighted by Gasteiger charge is -2.45. The quantitative estimate of drug-likeness (QED) is 0.491. The number of likely N-dealkylation sites (tertiary alicyclic amines) is 1. The van der Waals surface area contributed by atoms with E-state index in [1.165, 1.54) is 24.3 Å². The summed E-state index contributed by atoms with van der Waals surface area (Å²) < 4.78 is 0. The summed E-state index contributed by atoms with van der Waals surface area (Å²) in [6, 6.07) is 12.9. The van der Waals surface area contributed by atoms with Crippen molar-refractivity contribution in [3.63, 3.8) is 0 Å². The summed E-state index contributed by atoms with van der Waals surface area (Å²) in [6.45, 7) is 0. The number of hydrogen-bond donors (Lipinski definition) is 2. The van der Waals surface area contributed by atoms with Crippen LogP contribution < -0.4 is 16.0 Å². The van der Waals surface area contributed by atoms with Crippen LogP contribution in [0.1, 0.15) is 30.0 Å². The summed E-state index contributed by atoms with van der Waals surface area (Å²) in [7, 11) is 1.54. The zero-order chi connectivity index (χ0) is 25.2. The maximum Gasteiger partial charge on any atom is 0.325 e. The fourth-order valence-electron chi connectivity index (χ4n) is 4.66. The summed E-state index contributed by atoms with van der Waals surface area (Å²) in [5.74, 6) is -0.766. The molecule has 3 atom stereocenters. The molecule has 1 aliphatic carbocycles. The van der Waals surface area contributed by atoms with Gasteiger partial charge in [-0.25, -0.2) is 19.7 Å². The SMILES string of the molecule is CN(C(=O)[C@@H]1[C@@H](Cc2ccnc(N)c2)C(=O)N1C(=O)N[C@@H](c1ccccc1)C1CC1)c1ncccn1. The van der Waals surface area contributed by atoms with Crippen molar-refractivity contribution in [1.29, 1.82) is 0 Å². The number of carbonyl (C=O) groups is 3. The van der Waals surface area contributed by atoms with Gasteiger partial charge in [-0.2, -0.15) is 0 Å². The van der Waals surface area contributed by atoms with Crippen LogP contribution in [0.2, 0.25) is 0 Å². The Morgan fingerprint density at radius 2 is 1.81 bits per heavy atom. The molecule has 184 valence electrons. The first-order chi connectivity index (χ1) is 17.4. The standard InChI is InChI=1S/C26H27N7O3/c1-32(25-29-11-5-12-30-25)24(35)22-19(14-16-10-13-28-20(27)15-16)23(34)33(22)26(36)31-21(18-8-9-18)17-6-3-2-4-7-17/h2-7,10-13,15,18-19,21-22H,8-9,14H2,1H3,(H2,27,28)(H,31,36)/t19-,21+,22+/m1/s1. The molecule has 4 amide bonds. The van der Waals surface area contributed by atoms with Crippen LogP contribution in [0.15, 0.2) is 67.1 Å². The number of amides is 4. The molecule has 36 heavy (non-hydrogen) atoms. The van der Waals surface area contributed by atoms with Crippen molar-refractivity contribution < 1.29 is 14.4 Å². The molecule has 2 fully saturated rings. The molecule has 3 aromatic rings. The molecule has 5 rings (SSSR count). The molecule has 10 heteroatoms. The molecule has 0 radical (unpaired) electrons. The third-order valence-corrected chi connectivity index (χ3v) is 6.70. The van der Waals surface area contributed by atoms with E-state index in [1.807, 2.05) is 30.3 Å². The monoisotopic (exact) mass is 485 g/mol. The van der Waals surface area contributed by atoms with E-state index in [2.05, 4.69) is 20.3 Å². The highest BCUT2D eigenvalue weighted by Gasteiger charge is 2.56. The van der Waals surface area contributed by atoms with Gasteiger partial charge in [-0.15, -0.1) is 0 Å². The van der Waals surface area contributed by atoms with E-state index in [9.17, 15) is 14.4 Å². The molecule has 1 aromatic carbocycles. The maximum atomic E-state index is 13.6. The van der Waals surface area contributed by atoms with Gasteiger partial charge in [0.2, 0.25) is 11.9 Å². The molecular formula is C26H27N7O3. The number of aromatic nitrogens is 3. The van der Waals surface area contributed by atoms with Gasteiger partial charge in [0.05, 0.1) is 12.0 Å². The molecule has 2 aromatic heterocycles. The summed E-state index contributed by atoms with van der Waals surface area (Å²) in [5, 5.41) is 3.02. The van der Waals surface area contributed by atoms with Crippen molar-refractivity contribution in [2.75, 3.05) is 17.7 Å². The van der Waals surface area contributed by atoms with Crippen LogP contribution in [-0.4, -0.2) is 50.8 Å². The van der Waals surface area contributed by atoms with Crippen LogP contribution in [-0.2, 0) is 16.0 Å². The van der Waals surface area contributed by atoms with E-state index >= 15 is 0 Å². The first-order valence-electron chi connectivity index (χ1n) is 11.9. The third-order valence-electron chi connectivity index (χ3n) is 6.70. The topological polar surface area (TPSA) is 134 Å². The highest BCUT2D eigenvalue weighted by Crippen LogP contribution is 2.41. The number of imide groups is 1. The Morgan fingerprint density at radius 3 is 2.47 bits per heavy atom. The predicted molar refractivity (Wildman–Crippen MR) is 132 cm³/mol. The average molecular weight is 486 g/mol. The minimum Gasteiger partial charge on any atom is -0.384 e. The van der Waals surface area contributed by atoms with E-state index in [1.54, 1.807) is 24.4 Å². The zero-order valence-electron chi connectivity index (χ0n) is 19.8. The number of benzene rings is 1. The number of nitrogens with two attached hydrogens (primary N) is 1. The largest absolute Gasteiger partial charge is 0.384 e. The molecule has 3 N–H and O–H groups in total. The minimum absolute atomic E-state index is 0.189. The molecule has 0 bridgehead atoms. The molecular weight excluding hydrogens is 458 g/mol. The summed E-state index contributed by atoms with van der Waals surface area (Å²) in [4.78, 5) is 54.9. The van der Waals surface area contributed by atoms with Crippen molar-refractivity contribution in [3.05, 3.63) is 78.2 Å². The zero-order valence-corrected chi connectivity index (χ0v) is 19.8. The van der Waals surface area contributed by atoms with Gasteiger partial charge in [0.1, 0.15) is 11.9 Å². The first kappa shape index (κ1) is 23.4. The highest BCUT2D eigenvalue weighted by atomic mass is 16.2. The smallest absolute Gasteiger partial charge is 0.325 e. The van der Waals surface area contributed by atoms with Crippen LogP contribution in [0, 0.1) is 11.8 Å². The Hall–Kier alpha value is -4.34. The Kier molecular flexibility index (Phi) is 6.32. The van der Waals surface area contributed by atoms with E-state index in [0.29, 0.717) is 11.7 Å². The number of likely N-dealkylation sites (N-methyl/N-ethyl adjacent to an activating group) is 1. The van der Waals surface area contributed by atoms with Crippen molar-refractivity contribution in [1.82, 2.24) is 25.2 Å². The van der Waals surface area contributed by atoms with Crippen LogP contribution in [0.3, 0.4) is 0 Å². The number of β-lactam (4-membered cyclic amide) rings is 1. The number of nitrogens with one attached hydrogen (secondary N) is 1. The molecule has 0 spiro atoms. The Bertz CT molecular complexity index is 1270. The van der Waals surface area contributed by atoms with Gasteiger partial charge in [0, 0.05) is 25.6 Å².